The van der Waals surface area contributed by atoms with E-state index in [2.05, 4.69) is 15.3 Å². The van der Waals surface area contributed by atoms with Crippen LogP contribution in [0.1, 0.15) is 64.1 Å². The first-order chi connectivity index (χ1) is 10.5. The molecule has 0 spiro atoms. The van der Waals surface area contributed by atoms with Gasteiger partial charge in [0, 0.05) is 12.0 Å². The zero-order valence-electron chi connectivity index (χ0n) is 13.5. The van der Waals surface area contributed by atoms with Crippen molar-refractivity contribution in [3.8, 4) is 5.88 Å². The summed E-state index contributed by atoms with van der Waals surface area (Å²) in [5, 5.41) is 14.7. The number of hydrogen-bond acceptors (Lipinski definition) is 6. The molecule has 0 unspecified atom stereocenters. The monoisotopic (exact) mass is 308 g/mol. The number of aromatic nitrogens is 2. The maximum absolute atomic E-state index is 11.4. The minimum atomic E-state index is -0.470. The highest BCUT2D eigenvalue weighted by Gasteiger charge is 2.28. The summed E-state index contributed by atoms with van der Waals surface area (Å²) in [6.45, 7) is 3.91. The lowest BCUT2D eigenvalue weighted by Crippen LogP contribution is -2.21. The van der Waals surface area contributed by atoms with Crippen LogP contribution in [0.25, 0.3) is 0 Å². The molecule has 0 aliphatic heterocycles. The highest BCUT2D eigenvalue weighted by molar-refractivity contribution is 5.62. The molecular weight excluding hydrogens is 284 g/mol. The van der Waals surface area contributed by atoms with E-state index in [-0.39, 0.29) is 29.3 Å². The van der Waals surface area contributed by atoms with Crippen LogP contribution in [-0.4, -0.2) is 28.0 Å². The Bertz CT molecular complexity index is 526. The molecular formula is C15H24N4O3. The summed E-state index contributed by atoms with van der Waals surface area (Å²) < 4.78 is 5.12. The van der Waals surface area contributed by atoms with E-state index in [9.17, 15) is 10.1 Å². The van der Waals surface area contributed by atoms with Gasteiger partial charge in [-0.15, -0.1) is 0 Å². The van der Waals surface area contributed by atoms with Gasteiger partial charge in [-0.05, 0) is 12.8 Å². The smallest absolute Gasteiger partial charge is 0.372 e. The average molecular weight is 308 g/mol. The van der Waals surface area contributed by atoms with E-state index in [1.165, 1.54) is 20.0 Å². The Kier molecular flexibility index (Phi) is 5.51. The van der Waals surface area contributed by atoms with Crippen molar-refractivity contribution in [2.24, 2.45) is 0 Å². The SMILES string of the molecule is COc1nc(C(C)C)nc(NC2CCCCCC2)c1[N+](=O)[O-]. The molecule has 1 N–H and O–H groups in total. The van der Waals surface area contributed by atoms with Gasteiger partial charge in [-0.3, -0.25) is 10.1 Å². The first-order valence-corrected chi connectivity index (χ1v) is 7.89. The summed E-state index contributed by atoms with van der Waals surface area (Å²) >= 11 is 0. The molecule has 1 aromatic heterocycles. The molecule has 0 radical (unpaired) electrons. The van der Waals surface area contributed by atoms with Crippen LogP contribution in [0, 0.1) is 10.1 Å². The van der Waals surface area contributed by atoms with Crippen molar-refractivity contribution in [1.29, 1.82) is 0 Å². The van der Waals surface area contributed by atoms with Gasteiger partial charge >= 0.3 is 5.69 Å². The predicted molar refractivity (Wildman–Crippen MR) is 84.4 cm³/mol. The molecule has 1 aliphatic carbocycles. The van der Waals surface area contributed by atoms with Crippen LogP contribution >= 0.6 is 0 Å². The summed E-state index contributed by atoms with van der Waals surface area (Å²) in [5.74, 6) is 0.940. The fraction of sp³-hybridized carbons (Fsp3) is 0.733. The van der Waals surface area contributed by atoms with Gasteiger partial charge in [-0.2, -0.15) is 4.98 Å². The number of anilines is 1. The Morgan fingerprint density at radius 1 is 1.23 bits per heavy atom. The molecule has 0 bridgehead atoms. The van der Waals surface area contributed by atoms with Gasteiger partial charge in [-0.25, -0.2) is 4.98 Å². The van der Waals surface area contributed by atoms with Crippen LogP contribution in [0.4, 0.5) is 11.5 Å². The van der Waals surface area contributed by atoms with Gasteiger partial charge in [-0.1, -0.05) is 39.5 Å². The molecule has 0 aromatic carbocycles. The van der Waals surface area contributed by atoms with E-state index in [0.29, 0.717) is 5.82 Å². The second-order valence-electron chi connectivity index (χ2n) is 6.03. The number of rotatable bonds is 5. The number of nitrogens with one attached hydrogen (secondary N) is 1. The summed E-state index contributed by atoms with van der Waals surface area (Å²) in [7, 11) is 1.40. The van der Waals surface area contributed by atoms with Crippen LogP contribution < -0.4 is 10.1 Å². The maximum Gasteiger partial charge on any atom is 0.372 e. The lowest BCUT2D eigenvalue weighted by atomic mass is 10.1. The molecule has 1 heterocycles. The molecule has 0 saturated heterocycles. The Balaban J connectivity index is 2.37. The molecule has 122 valence electrons. The summed E-state index contributed by atoms with van der Waals surface area (Å²) in [4.78, 5) is 19.5. The zero-order chi connectivity index (χ0) is 16.1. The molecule has 1 aliphatic rings. The van der Waals surface area contributed by atoms with Gasteiger partial charge in [0.15, 0.2) is 0 Å². The van der Waals surface area contributed by atoms with Crippen molar-refractivity contribution in [2.75, 3.05) is 12.4 Å². The van der Waals surface area contributed by atoms with Crippen LogP contribution in [0.2, 0.25) is 0 Å². The molecule has 7 heteroatoms. The van der Waals surface area contributed by atoms with Gasteiger partial charge in [0.05, 0.1) is 12.0 Å². The first-order valence-electron chi connectivity index (χ1n) is 7.89. The molecule has 2 rings (SSSR count). The highest BCUT2D eigenvalue weighted by atomic mass is 16.6. The minimum absolute atomic E-state index is 0.0276. The van der Waals surface area contributed by atoms with E-state index in [0.717, 1.165) is 25.7 Å². The summed E-state index contributed by atoms with van der Waals surface area (Å²) in [6.07, 6.45) is 6.77. The fourth-order valence-corrected chi connectivity index (χ4v) is 2.73. The molecule has 7 nitrogen and oxygen atoms in total. The minimum Gasteiger partial charge on any atom is -0.476 e. The third-order valence-electron chi connectivity index (χ3n) is 3.96. The number of nitrogens with zero attached hydrogens (tertiary/aromatic N) is 3. The Hall–Kier alpha value is -1.92. The second kappa shape index (κ2) is 7.38. The normalized spacial score (nSPS) is 16.4. The summed E-state index contributed by atoms with van der Waals surface area (Å²) in [5.41, 5.74) is -0.170. The van der Waals surface area contributed by atoms with Crippen LogP contribution in [0.5, 0.6) is 5.88 Å². The van der Waals surface area contributed by atoms with E-state index in [1.54, 1.807) is 0 Å². The third kappa shape index (κ3) is 3.84. The molecule has 1 saturated carbocycles. The number of hydrogen-bond donors (Lipinski definition) is 1. The average Bonchev–Trinajstić information content (AvgIpc) is 2.74. The van der Waals surface area contributed by atoms with Crippen molar-refractivity contribution in [3.05, 3.63) is 15.9 Å². The van der Waals surface area contributed by atoms with E-state index in [1.807, 2.05) is 13.8 Å². The van der Waals surface area contributed by atoms with E-state index >= 15 is 0 Å². The van der Waals surface area contributed by atoms with Gasteiger partial charge in [0.25, 0.3) is 5.88 Å². The molecule has 1 aromatic rings. The molecule has 0 amide bonds. The lowest BCUT2D eigenvalue weighted by molar-refractivity contribution is -0.385. The number of methoxy groups -OCH3 is 1. The number of nitro groups is 1. The molecule has 22 heavy (non-hydrogen) atoms. The molecule has 1 fully saturated rings. The lowest BCUT2D eigenvalue weighted by Gasteiger charge is -2.18. The maximum atomic E-state index is 11.4. The highest BCUT2D eigenvalue weighted by Crippen LogP contribution is 2.34. The number of ether oxygens (including phenoxy) is 1. The van der Waals surface area contributed by atoms with Crippen molar-refractivity contribution < 1.29 is 9.66 Å². The fourth-order valence-electron chi connectivity index (χ4n) is 2.73. The quantitative estimate of drug-likeness (QED) is 0.507. The Morgan fingerprint density at radius 3 is 2.36 bits per heavy atom. The van der Waals surface area contributed by atoms with Crippen LogP contribution in [-0.2, 0) is 0 Å². The van der Waals surface area contributed by atoms with Crippen molar-refractivity contribution in [2.45, 2.75) is 64.3 Å². The Morgan fingerprint density at radius 2 is 1.86 bits per heavy atom. The van der Waals surface area contributed by atoms with Crippen LogP contribution in [0.15, 0.2) is 0 Å². The van der Waals surface area contributed by atoms with Gasteiger partial charge in [0.1, 0.15) is 5.82 Å². The van der Waals surface area contributed by atoms with Gasteiger partial charge < -0.3 is 10.1 Å². The topological polar surface area (TPSA) is 90.2 Å². The largest absolute Gasteiger partial charge is 0.476 e. The summed E-state index contributed by atoms with van der Waals surface area (Å²) in [6, 6.07) is 0.223. The molecule has 0 atom stereocenters. The zero-order valence-corrected chi connectivity index (χ0v) is 13.5. The van der Waals surface area contributed by atoms with Crippen molar-refractivity contribution in [3.63, 3.8) is 0 Å². The van der Waals surface area contributed by atoms with Crippen LogP contribution in [0.3, 0.4) is 0 Å². The van der Waals surface area contributed by atoms with Crippen molar-refractivity contribution in [1.82, 2.24) is 9.97 Å². The van der Waals surface area contributed by atoms with Gasteiger partial charge in [0.2, 0.25) is 5.82 Å². The first kappa shape index (κ1) is 16.5. The van der Waals surface area contributed by atoms with Crippen molar-refractivity contribution >= 4 is 11.5 Å². The third-order valence-corrected chi connectivity index (χ3v) is 3.96. The Labute approximate surface area is 130 Å². The standard InChI is InChI=1S/C15H24N4O3/c1-10(2)13-17-14(12(19(20)21)15(18-13)22-3)16-11-8-6-4-5-7-9-11/h10-11H,4-9H2,1-3H3,(H,16,17,18). The second-order valence-corrected chi connectivity index (χ2v) is 6.03. The predicted octanol–water partition coefficient (Wildman–Crippen LogP) is 3.65. The van der Waals surface area contributed by atoms with E-state index < -0.39 is 4.92 Å². The van der Waals surface area contributed by atoms with E-state index in [4.69, 9.17) is 4.74 Å².